The molecule has 1 unspecified atom stereocenters. The molecule has 1 aromatic rings. The third kappa shape index (κ3) is 4.38. The Bertz CT molecular complexity index is 639. The van der Waals surface area contributed by atoms with Gasteiger partial charge in [0.2, 0.25) is 11.8 Å². The van der Waals surface area contributed by atoms with Crippen molar-refractivity contribution in [3.05, 3.63) is 29.3 Å². The van der Waals surface area contributed by atoms with Gasteiger partial charge in [0.25, 0.3) is 0 Å². The van der Waals surface area contributed by atoms with Crippen LogP contribution in [0.5, 0.6) is 0 Å². The summed E-state index contributed by atoms with van der Waals surface area (Å²) in [5.41, 5.74) is 0.801. The summed E-state index contributed by atoms with van der Waals surface area (Å²) < 4.78 is 5.88. The summed E-state index contributed by atoms with van der Waals surface area (Å²) in [6.45, 7) is 6.95. The fourth-order valence-electron chi connectivity index (χ4n) is 3.58. The Labute approximate surface area is 160 Å². The number of piperidine rings is 1. The molecule has 0 radical (unpaired) electrons. The van der Waals surface area contributed by atoms with Crippen LogP contribution in [-0.2, 0) is 14.3 Å². The Morgan fingerprint density at radius 1 is 1.15 bits per heavy atom. The monoisotopic (exact) mass is 378 g/mol. The van der Waals surface area contributed by atoms with Crippen LogP contribution in [0.4, 0.5) is 5.69 Å². The molecule has 3 rings (SSSR count). The van der Waals surface area contributed by atoms with Crippen LogP contribution in [-0.4, -0.2) is 49.1 Å². The van der Waals surface area contributed by atoms with E-state index in [-0.39, 0.29) is 17.9 Å². The Morgan fingerprint density at radius 2 is 1.81 bits per heavy atom. The molecule has 0 bridgehead atoms. The lowest BCUT2D eigenvalue weighted by Crippen LogP contribution is -2.45. The minimum Gasteiger partial charge on any atom is -0.378 e. The van der Waals surface area contributed by atoms with Crippen LogP contribution in [0.2, 0.25) is 5.02 Å². The molecule has 6 heteroatoms. The molecule has 0 saturated carbocycles. The maximum absolute atomic E-state index is 12.8. The van der Waals surface area contributed by atoms with E-state index in [4.69, 9.17) is 16.3 Å². The zero-order chi connectivity index (χ0) is 18.7. The molecule has 2 amide bonds. The van der Waals surface area contributed by atoms with Crippen LogP contribution in [0.15, 0.2) is 24.3 Å². The molecule has 1 aromatic carbocycles. The summed E-state index contributed by atoms with van der Waals surface area (Å²) >= 11 is 5.91. The van der Waals surface area contributed by atoms with Crippen LogP contribution >= 0.6 is 11.6 Å². The van der Waals surface area contributed by atoms with Crippen LogP contribution in [0.25, 0.3) is 0 Å². The number of nitrogens with zero attached hydrogens (tertiary/aromatic N) is 2. The van der Waals surface area contributed by atoms with E-state index in [1.807, 2.05) is 17.0 Å². The van der Waals surface area contributed by atoms with E-state index in [1.54, 1.807) is 17.0 Å². The van der Waals surface area contributed by atoms with E-state index in [0.29, 0.717) is 37.0 Å². The Kier molecular flexibility index (Phi) is 6.20. The zero-order valence-corrected chi connectivity index (χ0v) is 16.2. The number of rotatable bonds is 5. The van der Waals surface area contributed by atoms with Gasteiger partial charge in [0.15, 0.2) is 0 Å². The van der Waals surface area contributed by atoms with Gasteiger partial charge in [0, 0.05) is 37.0 Å². The van der Waals surface area contributed by atoms with Gasteiger partial charge < -0.3 is 14.5 Å². The van der Waals surface area contributed by atoms with Crippen molar-refractivity contribution >= 4 is 29.1 Å². The van der Waals surface area contributed by atoms with E-state index >= 15 is 0 Å². The molecule has 5 nitrogen and oxygen atoms in total. The van der Waals surface area contributed by atoms with Crippen LogP contribution in [0, 0.1) is 11.8 Å². The van der Waals surface area contributed by atoms with E-state index in [2.05, 4.69) is 13.8 Å². The predicted molar refractivity (Wildman–Crippen MR) is 102 cm³/mol. The predicted octanol–water partition coefficient (Wildman–Crippen LogP) is 3.36. The lowest BCUT2D eigenvalue weighted by Gasteiger charge is -2.33. The summed E-state index contributed by atoms with van der Waals surface area (Å²) in [6, 6.07) is 7.18. The number of amides is 2. The standard InChI is InChI=1S/C20H27ClN2O3/c1-14(2)13-26-17-7-10-22(11-8-17)19(24)18-9-12-23(20(18)25)16-5-3-15(21)4-6-16/h3-6,14,17-18H,7-13H2,1-2H3. The fraction of sp³-hybridized carbons (Fsp3) is 0.600. The number of likely N-dealkylation sites (tertiary alicyclic amines) is 1. The molecule has 0 aromatic heterocycles. The maximum atomic E-state index is 12.8. The molecule has 2 aliphatic rings. The highest BCUT2D eigenvalue weighted by atomic mass is 35.5. The summed E-state index contributed by atoms with van der Waals surface area (Å²) in [7, 11) is 0. The van der Waals surface area contributed by atoms with Gasteiger partial charge in [-0.1, -0.05) is 25.4 Å². The van der Waals surface area contributed by atoms with Gasteiger partial charge >= 0.3 is 0 Å². The second-order valence-electron chi connectivity index (χ2n) is 7.56. The van der Waals surface area contributed by atoms with Gasteiger partial charge in [-0.15, -0.1) is 0 Å². The molecule has 2 fully saturated rings. The topological polar surface area (TPSA) is 49.9 Å². The first-order valence-corrected chi connectivity index (χ1v) is 9.81. The number of hydrogen-bond acceptors (Lipinski definition) is 3. The van der Waals surface area contributed by atoms with Crippen molar-refractivity contribution in [2.24, 2.45) is 11.8 Å². The van der Waals surface area contributed by atoms with Gasteiger partial charge in [-0.2, -0.15) is 0 Å². The van der Waals surface area contributed by atoms with Crippen LogP contribution in [0.3, 0.4) is 0 Å². The maximum Gasteiger partial charge on any atom is 0.239 e. The fourth-order valence-corrected chi connectivity index (χ4v) is 3.70. The Morgan fingerprint density at radius 3 is 2.42 bits per heavy atom. The normalized spacial score (nSPS) is 21.7. The van der Waals surface area contributed by atoms with Gasteiger partial charge in [0.1, 0.15) is 5.92 Å². The summed E-state index contributed by atoms with van der Waals surface area (Å²) in [5.74, 6) is -0.173. The molecular formula is C20H27ClN2O3. The molecule has 0 N–H and O–H groups in total. The van der Waals surface area contributed by atoms with Gasteiger partial charge in [-0.25, -0.2) is 0 Å². The third-order valence-corrected chi connectivity index (χ3v) is 5.31. The van der Waals surface area contributed by atoms with E-state index < -0.39 is 5.92 Å². The van der Waals surface area contributed by atoms with Crippen molar-refractivity contribution in [3.63, 3.8) is 0 Å². The lowest BCUT2D eigenvalue weighted by molar-refractivity contribution is -0.142. The van der Waals surface area contributed by atoms with Crippen molar-refractivity contribution in [2.45, 2.75) is 39.2 Å². The van der Waals surface area contributed by atoms with Gasteiger partial charge in [-0.05, 0) is 49.4 Å². The average molecular weight is 379 g/mol. The van der Waals surface area contributed by atoms with Crippen molar-refractivity contribution in [1.29, 1.82) is 0 Å². The molecule has 1 atom stereocenters. The second-order valence-corrected chi connectivity index (χ2v) is 8.00. The highest BCUT2D eigenvalue weighted by Crippen LogP contribution is 2.28. The number of anilines is 1. The Hall–Kier alpha value is -1.59. The molecule has 0 spiro atoms. The number of halogens is 1. The first kappa shape index (κ1) is 19.2. The molecule has 2 aliphatic heterocycles. The number of hydrogen-bond donors (Lipinski definition) is 0. The minimum atomic E-state index is -0.557. The lowest BCUT2D eigenvalue weighted by atomic mass is 10.0. The van der Waals surface area contributed by atoms with Crippen molar-refractivity contribution in [1.82, 2.24) is 4.90 Å². The SMILES string of the molecule is CC(C)COC1CCN(C(=O)C2CCN(c3ccc(Cl)cc3)C2=O)CC1. The first-order chi connectivity index (χ1) is 12.5. The van der Waals surface area contributed by atoms with Crippen LogP contribution < -0.4 is 4.90 Å². The molecule has 0 aliphatic carbocycles. The molecular weight excluding hydrogens is 352 g/mol. The molecule has 26 heavy (non-hydrogen) atoms. The van der Waals surface area contributed by atoms with E-state index in [0.717, 1.165) is 25.1 Å². The quantitative estimate of drug-likeness (QED) is 0.738. The van der Waals surface area contributed by atoms with Gasteiger partial charge in [0.05, 0.1) is 6.10 Å². The third-order valence-electron chi connectivity index (χ3n) is 5.06. The average Bonchev–Trinajstić information content (AvgIpc) is 3.02. The number of ether oxygens (including phenoxy) is 1. The van der Waals surface area contributed by atoms with Crippen molar-refractivity contribution < 1.29 is 14.3 Å². The highest BCUT2D eigenvalue weighted by Gasteiger charge is 2.40. The smallest absolute Gasteiger partial charge is 0.239 e. The number of carbonyl (C=O) groups is 2. The largest absolute Gasteiger partial charge is 0.378 e. The molecule has 2 heterocycles. The summed E-state index contributed by atoms with van der Waals surface area (Å²) in [5, 5.41) is 0.635. The minimum absolute atomic E-state index is 0.0335. The summed E-state index contributed by atoms with van der Waals surface area (Å²) in [4.78, 5) is 29.1. The second kappa shape index (κ2) is 8.40. The van der Waals surface area contributed by atoms with Crippen molar-refractivity contribution in [3.8, 4) is 0 Å². The highest BCUT2D eigenvalue weighted by molar-refractivity contribution is 6.30. The van der Waals surface area contributed by atoms with E-state index in [9.17, 15) is 9.59 Å². The number of carbonyl (C=O) groups excluding carboxylic acids is 2. The van der Waals surface area contributed by atoms with Gasteiger partial charge in [-0.3, -0.25) is 9.59 Å². The first-order valence-electron chi connectivity index (χ1n) is 9.43. The van der Waals surface area contributed by atoms with Crippen LogP contribution in [0.1, 0.15) is 33.1 Å². The van der Waals surface area contributed by atoms with E-state index in [1.165, 1.54) is 0 Å². The zero-order valence-electron chi connectivity index (χ0n) is 15.5. The number of benzene rings is 1. The Balaban J connectivity index is 1.54. The molecule has 142 valence electrons. The summed E-state index contributed by atoms with van der Waals surface area (Å²) in [6.07, 6.45) is 2.50. The van der Waals surface area contributed by atoms with Crippen molar-refractivity contribution in [2.75, 3.05) is 31.1 Å². The molecule has 2 saturated heterocycles.